The lowest BCUT2D eigenvalue weighted by atomic mass is 10.1. The highest BCUT2D eigenvalue weighted by molar-refractivity contribution is 5.81. The first-order valence-electron chi connectivity index (χ1n) is 8.67. The molecule has 0 saturated carbocycles. The minimum Gasteiger partial charge on any atom is -0.497 e. The maximum Gasteiger partial charge on any atom is 0.239 e. The van der Waals surface area contributed by atoms with E-state index >= 15 is 0 Å². The number of nitrogens with zero attached hydrogens (tertiary/aromatic N) is 2. The zero-order valence-electron chi connectivity index (χ0n) is 14.7. The predicted octanol–water partition coefficient (Wildman–Crippen LogP) is 1.35. The molecule has 6 heteroatoms. The van der Waals surface area contributed by atoms with Crippen molar-refractivity contribution in [1.29, 1.82) is 0 Å². The number of carbonyl (C=O) groups excluding carboxylic acids is 1. The Kier molecular flexibility index (Phi) is 7.34. The van der Waals surface area contributed by atoms with Crippen LogP contribution in [0.5, 0.6) is 11.5 Å². The van der Waals surface area contributed by atoms with Gasteiger partial charge in [-0.3, -0.25) is 9.69 Å². The summed E-state index contributed by atoms with van der Waals surface area (Å²) in [5.74, 6) is 1.70. The Labute approximate surface area is 144 Å². The molecule has 1 aliphatic rings. The lowest BCUT2D eigenvalue weighted by Crippen LogP contribution is -2.53. The lowest BCUT2D eigenvalue weighted by molar-refractivity contribution is -0.134. The minimum absolute atomic E-state index is 0.0872. The molecule has 1 aromatic rings. The Hall–Kier alpha value is -1.79. The van der Waals surface area contributed by atoms with E-state index in [9.17, 15) is 4.79 Å². The van der Waals surface area contributed by atoms with Crippen LogP contribution in [-0.4, -0.2) is 68.2 Å². The second kappa shape index (κ2) is 9.49. The van der Waals surface area contributed by atoms with Gasteiger partial charge < -0.3 is 20.1 Å². The first-order valence-corrected chi connectivity index (χ1v) is 8.67. The maximum atomic E-state index is 12.2. The van der Waals surface area contributed by atoms with Crippen LogP contribution in [-0.2, 0) is 4.79 Å². The fourth-order valence-corrected chi connectivity index (χ4v) is 2.84. The first-order chi connectivity index (χ1) is 11.6. The van der Waals surface area contributed by atoms with E-state index in [0.29, 0.717) is 6.61 Å². The van der Waals surface area contributed by atoms with Crippen molar-refractivity contribution in [3.05, 3.63) is 24.3 Å². The summed E-state index contributed by atoms with van der Waals surface area (Å²) in [6, 6.07) is 7.27. The molecular formula is C18H29N3O3. The van der Waals surface area contributed by atoms with Gasteiger partial charge in [0.15, 0.2) is 0 Å². The van der Waals surface area contributed by atoms with Crippen molar-refractivity contribution in [1.82, 2.24) is 9.80 Å². The average molecular weight is 335 g/mol. The highest BCUT2D eigenvalue weighted by Crippen LogP contribution is 2.18. The van der Waals surface area contributed by atoms with Crippen molar-refractivity contribution in [2.24, 2.45) is 5.73 Å². The summed E-state index contributed by atoms with van der Waals surface area (Å²) < 4.78 is 11.0. The van der Waals surface area contributed by atoms with E-state index in [-0.39, 0.29) is 11.9 Å². The number of benzene rings is 1. The fourth-order valence-electron chi connectivity index (χ4n) is 2.84. The normalized spacial score (nSPS) is 16.7. The van der Waals surface area contributed by atoms with Gasteiger partial charge in [-0.2, -0.15) is 0 Å². The Morgan fingerprint density at radius 2 is 1.96 bits per heavy atom. The van der Waals surface area contributed by atoms with Gasteiger partial charge in [-0.1, -0.05) is 19.4 Å². The molecule has 2 rings (SSSR count). The predicted molar refractivity (Wildman–Crippen MR) is 94.4 cm³/mol. The van der Waals surface area contributed by atoms with Gasteiger partial charge in [-0.25, -0.2) is 0 Å². The van der Waals surface area contributed by atoms with Crippen LogP contribution < -0.4 is 15.2 Å². The number of piperazine rings is 1. The molecule has 1 aliphatic heterocycles. The maximum absolute atomic E-state index is 12.2. The molecule has 1 saturated heterocycles. The van der Waals surface area contributed by atoms with Gasteiger partial charge in [0, 0.05) is 38.8 Å². The molecule has 0 bridgehead atoms. The standard InChI is InChI=1S/C18H29N3O3/c1-3-5-17(19)18(22)21-10-8-20(9-11-21)12-13-24-16-7-4-6-15(14-16)23-2/h4,6-7,14,17H,3,5,8-13,19H2,1-2H3. The first kappa shape index (κ1) is 18.5. The van der Waals surface area contributed by atoms with Gasteiger partial charge in [0.05, 0.1) is 13.2 Å². The molecule has 1 unspecified atom stereocenters. The highest BCUT2D eigenvalue weighted by Gasteiger charge is 2.24. The Bertz CT molecular complexity index is 516. The van der Waals surface area contributed by atoms with E-state index < -0.39 is 0 Å². The molecule has 0 radical (unpaired) electrons. The van der Waals surface area contributed by atoms with Gasteiger partial charge in [0.2, 0.25) is 5.91 Å². The number of hydrogen-bond acceptors (Lipinski definition) is 5. The van der Waals surface area contributed by atoms with Crippen molar-refractivity contribution in [3.63, 3.8) is 0 Å². The van der Waals surface area contributed by atoms with Crippen LogP contribution in [0.15, 0.2) is 24.3 Å². The van der Waals surface area contributed by atoms with Crippen molar-refractivity contribution in [2.75, 3.05) is 46.4 Å². The molecular weight excluding hydrogens is 306 g/mol. The topological polar surface area (TPSA) is 68.0 Å². The summed E-state index contributed by atoms with van der Waals surface area (Å²) >= 11 is 0. The molecule has 134 valence electrons. The molecule has 1 heterocycles. The van der Waals surface area contributed by atoms with Crippen molar-refractivity contribution in [3.8, 4) is 11.5 Å². The zero-order chi connectivity index (χ0) is 17.4. The molecule has 0 aromatic heterocycles. The number of hydrogen-bond donors (Lipinski definition) is 1. The number of nitrogens with two attached hydrogens (primary N) is 1. The molecule has 24 heavy (non-hydrogen) atoms. The summed E-state index contributed by atoms with van der Waals surface area (Å²) in [7, 11) is 1.65. The van der Waals surface area contributed by atoms with Crippen LogP contribution in [0.2, 0.25) is 0 Å². The third-order valence-electron chi connectivity index (χ3n) is 4.32. The van der Waals surface area contributed by atoms with Crippen LogP contribution in [0.3, 0.4) is 0 Å². The van der Waals surface area contributed by atoms with Crippen molar-refractivity contribution >= 4 is 5.91 Å². The monoisotopic (exact) mass is 335 g/mol. The quantitative estimate of drug-likeness (QED) is 0.777. The number of carbonyl (C=O) groups is 1. The number of rotatable bonds is 8. The fraction of sp³-hybridized carbons (Fsp3) is 0.611. The summed E-state index contributed by atoms with van der Waals surface area (Å²) in [4.78, 5) is 16.4. The van der Waals surface area contributed by atoms with E-state index in [2.05, 4.69) is 4.90 Å². The molecule has 1 aromatic carbocycles. The van der Waals surface area contributed by atoms with Crippen LogP contribution in [0.1, 0.15) is 19.8 Å². The van der Waals surface area contributed by atoms with Gasteiger partial charge in [-0.15, -0.1) is 0 Å². The minimum atomic E-state index is -0.349. The Morgan fingerprint density at radius 3 is 2.62 bits per heavy atom. The van der Waals surface area contributed by atoms with Crippen LogP contribution in [0, 0.1) is 0 Å². The van der Waals surface area contributed by atoms with E-state index in [1.807, 2.05) is 36.1 Å². The van der Waals surface area contributed by atoms with Gasteiger partial charge in [0.25, 0.3) is 0 Å². The smallest absolute Gasteiger partial charge is 0.239 e. The second-order valence-corrected chi connectivity index (χ2v) is 6.09. The van der Waals surface area contributed by atoms with Gasteiger partial charge in [-0.05, 0) is 18.6 Å². The average Bonchev–Trinajstić information content (AvgIpc) is 2.62. The Balaban J connectivity index is 1.68. The van der Waals surface area contributed by atoms with E-state index in [4.69, 9.17) is 15.2 Å². The lowest BCUT2D eigenvalue weighted by Gasteiger charge is -2.35. The summed E-state index contributed by atoms with van der Waals surface area (Å²) in [5.41, 5.74) is 5.93. The van der Waals surface area contributed by atoms with Crippen molar-refractivity contribution in [2.45, 2.75) is 25.8 Å². The molecule has 0 aliphatic carbocycles. The van der Waals surface area contributed by atoms with E-state index in [1.165, 1.54) is 0 Å². The molecule has 1 fully saturated rings. The van der Waals surface area contributed by atoms with Crippen LogP contribution in [0.25, 0.3) is 0 Å². The van der Waals surface area contributed by atoms with E-state index in [0.717, 1.165) is 57.1 Å². The highest BCUT2D eigenvalue weighted by atomic mass is 16.5. The molecule has 0 spiro atoms. The SMILES string of the molecule is CCCC(N)C(=O)N1CCN(CCOc2cccc(OC)c2)CC1. The summed E-state index contributed by atoms with van der Waals surface area (Å²) in [5, 5.41) is 0. The molecule has 1 atom stereocenters. The number of methoxy groups -OCH3 is 1. The zero-order valence-corrected chi connectivity index (χ0v) is 14.7. The largest absolute Gasteiger partial charge is 0.497 e. The number of amides is 1. The summed E-state index contributed by atoms with van der Waals surface area (Å²) in [6.45, 7) is 6.74. The van der Waals surface area contributed by atoms with Gasteiger partial charge in [0.1, 0.15) is 18.1 Å². The second-order valence-electron chi connectivity index (χ2n) is 6.09. The molecule has 2 N–H and O–H groups in total. The Morgan fingerprint density at radius 1 is 1.25 bits per heavy atom. The van der Waals surface area contributed by atoms with Crippen LogP contribution >= 0.6 is 0 Å². The third-order valence-corrected chi connectivity index (χ3v) is 4.32. The van der Waals surface area contributed by atoms with Crippen molar-refractivity contribution < 1.29 is 14.3 Å². The number of ether oxygens (including phenoxy) is 2. The van der Waals surface area contributed by atoms with Gasteiger partial charge >= 0.3 is 0 Å². The summed E-state index contributed by atoms with van der Waals surface area (Å²) in [6.07, 6.45) is 1.70. The third kappa shape index (κ3) is 5.39. The molecule has 6 nitrogen and oxygen atoms in total. The van der Waals surface area contributed by atoms with Crippen LogP contribution in [0.4, 0.5) is 0 Å². The van der Waals surface area contributed by atoms with E-state index in [1.54, 1.807) is 7.11 Å². The molecule has 1 amide bonds.